The minimum Gasteiger partial charge on any atom is -0.481 e. The largest absolute Gasteiger partial charge is 0.481 e. The van der Waals surface area contributed by atoms with Crippen molar-refractivity contribution in [3.8, 4) is 0 Å². The van der Waals surface area contributed by atoms with Gasteiger partial charge in [0.1, 0.15) is 24.7 Å². The fourth-order valence-corrected chi connectivity index (χ4v) is 4.93. The molecule has 2 aromatic rings. The van der Waals surface area contributed by atoms with Gasteiger partial charge in [0.25, 0.3) is 0 Å². The number of ether oxygens (including phenoxy) is 2. The fraction of sp³-hybridized carbons (Fsp3) is 0.500. The summed E-state index contributed by atoms with van der Waals surface area (Å²) in [5, 5.41) is 44.9. The number of hydrogen-bond donors (Lipinski definition) is 8. The summed E-state index contributed by atoms with van der Waals surface area (Å²) in [7, 11) is 0. The topological polar surface area (TPSA) is 308 Å². The average Bonchev–Trinajstić information content (AvgIpc) is 3.13. The Hall–Kier alpha value is -5.98. The van der Waals surface area contributed by atoms with E-state index in [1.54, 1.807) is 0 Å². The molecule has 0 aliphatic heterocycles. The fourth-order valence-electron chi connectivity index (χ4n) is 4.93. The zero-order valence-corrected chi connectivity index (χ0v) is 29.5. The van der Waals surface area contributed by atoms with E-state index in [1.807, 2.05) is 42.5 Å². The van der Waals surface area contributed by atoms with Gasteiger partial charge < -0.3 is 51.4 Å². The van der Waals surface area contributed by atoms with Crippen LogP contribution in [0.5, 0.6) is 0 Å². The second-order valence-corrected chi connectivity index (χ2v) is 11.8. The molecule has 0 heterocycles. The van der Waals surface area contributed by atoms with Crippen LogP contribution in [0.4, 0.5) is 4.79 Å². The van der Waals surface area contributed by atoms with E-state index in [-0.39, 0.29) is 71.7 Å². The van der Waals surface area contributed by atoms with Crippen molar-refractivity contribution in [3.05, 3.63) is 58.5 Å². The standard InChI is InChI=1S/C34H46N8O12/c35-42-38-21-29(44)36-14-16-54-18-17-53-15-12-28(43)39-27(20-22-8-9-23-5-1-2-6-24(23)19-22)31(47)37-13-4-3-7-25(32(48)49)40-34(52)41-26(33(50)51)10-11-30(45)46/h1-2,5-6,8-9,19,25-27H,3-4,7,10-18,20-21H2,(H,36,44)(H,37,47)(H,39,43)(H,45,46)(H,48,49)(H,50,51)(H2,40,41,52)/t25-,26-,27-/m0/s1. The number of unbranched alkanes of at least 4 members (excludes halogenated alkanes) is 1. The number of nitrogens with zero attached hydrogens (tertiary/aromatic N) is 3. The van der Waals surface area contributed by atoms with Crippen LogP contribution >= 0.6 is 0 Å². The normalized spacial score (nSPS) is 12.3. The highest BCUT2D eigenvalue weighted by Gasteiger charge is 2.25. The number of benzene rings is 2. The van der Waals surface area contributed by atoms with Crippen LogP contribution in [0.25, 0.3) is 21.2 Å². The maximum atomic E-state index is 13.3. The summed E-state index contributed by atoms with van der Waals surface area (Å²) in [6.07, 6.45) is -0.268. The molecular weight excluding hydrogens is 712 g/mol. The van der Waals surface area contributed by atoms with Crippen molar-refractivity contribution in [2.45, 2.75) is 63.1 Å². The van der Waals surface area contributed by atoms with Gasteiger partial charge in [-0.3, -0.25) is 19.2 Å². The number of nitrogens with one attached hydrogen (secondary N) is 5. The molecule has 5 amide bonds. The maximum absolute atomic E-state index is 13.3. The Morgan fingerprint density at radius 1 is 0.704 bits per heavy atom. The molecule has 20 heteroatoms. The van der Waals surface area contributed by atoms with Crippen molar-refractivity contribution in [1.29, 1.82) is 0 Å². The first-order valence-electron chi connectivity index (χ1n) is 17.1. The highest BCUT2D eigenvalue weighted by Crippen LogP contribution is 2.17. The summed E-state index contributed by atoms with van der Waals surface area (Å²) in [6.45, 7) is 0.687. The minimum absolute atomic E-state index is 0.0408. The number of carbonyl (C=O) groups excluding carboxylic acids is 4. The molecule has 8 N–H and O–H groups in total. The Morgan fingerprint density at radius 3 is 2.04 bits per heavy atom. The molecule has 0 spiro atoms. The van der Waals surface area contributed by atoms with Crippen LogP contribution in [0.1, 0.15) is 44.1 Å². The van der Waals surface area contributed by atoms with E-state index in [0.717, 1.165) is 16.3 Å². The molecule has 294 valence electrons. The van der Waals surface area contributed by atoms with E-state index in [9.17, 15) is 43.8 Å². The molecular formula is C34H46N8O12. The van der Waals surface area contributed by atoms with Crippen LogP contribution in [0, 0.1) is 0 Å². The number of azide groups is 1. The van der Waals surface area contributed by atoms with E-state index < -0.39 is 72.6 Å². The van der Waals surface area contributed by atoms with E-state index in [4.69, 9.17) is 20.1 Å². The number of urea groups is 1. The summed E-state index contributed by atoms with van der Waals surface area (Å²) in [5.41, 5.74) is 9.02. The Bertz CT molecular complexity index is 1630. The van der Waals surface area contributed by atoms with E-state index in [0.29, 0.717) is 6.42 Å². The van der Waals surface area contributed by atoms with Crippen LogP contribution in [0.15, 0.2) is 47.6 Å². The third kappa shape index (κ3) is 18.5. The van der Waals surface area contributed by atoms with Gasteiger partial charge in [-0.2, -0.15) is 0 Å². The molecule has 0 aromatic heterocycles. The molecule has 2 rings (SSSR count). The van der Waals surface area contributed by atoms with Gasteiger partial charge in [0.2, 0.25) is 17.7 Å². The smallest absolute Gasteiger partial charge is 0.326 e. The molecule has 20 nitrogen and oxygen atoms in total. The van der Waals surface area contributed by atoms with Crippen LogP contribution < -0.4 is 26.6 Å². The Kier molecular flexibility index (Phi) is 20.5. The lowest BCUT2D eigenvalue weighted by molar-refractivity contribution is -0.141. The number of amides is 5. The number of carbonyl (C=O) groups is 7. The van der Waals surface area contributed by atoms with Crippen molar-refractivity contribution in [1.82, 2.24) is 26.6 Å². The van der Waals surface area contributed by atoms with E-state index >= 15 is 0 Å². The number of hydrogen-bond acceptors (Lipinski definition) is 10. The molecule has 0 saturated heterocycles. The number of fused-ring (bicyclic) bond motifs is 1. The lowest BCUT2D eigenvalue weighted by atomic mass is 10.0. The highest BCUT2D eigenvalue weighted by molar-refractivity contribution is 5.89. The Labute approximate surface area is 309 Å². The van der Waals surface area contributed by atoms with Crippen molar-refractivity contribution in [2.24, 2.45) is 5.11 Å². The van der Waals surface area contributed by atoms with Crippen LogP contribution in [-0.4, -0.2) is 121 Å². The molecule has 0 aliphatic rings. The maximum Gasteiger partial charge on any atom is 0.326 e. The second kappa shape index (κ2) is 25.1. The monoisotopic (exact) mass is 758 g/mol. The molecule has 0 saturated carbocycles. The van der Waals surface area contributed by atoms with Gasteiger partial charge in [0.15, 0.2) is 0 Å². The lowest BCUT2D eigenvalue weighted by Crippen LogP contribution is -2.51. The van der Waals surface area contributed by atoms with Gasteiger partial charge in [0, 0.05) is 37.3 Å². The van der Waals surface area contributed by atoms with Crippen molar-refractivity contribution < 1.29 is 58.4 Å². The summed E-state index contributed by atoms with van der Waals surface area (Å²) in [5.74, 6) is -5.42. The van der Waals surface area contributed by atoms with Crippen LogP contribution in [-0.2, 0) is 44.7 Å². The molecule has 0 bridgehead atoms. The van der Waals surface area contributed by atoms with Gasteiger partial charge >= 0.3 is 23.9 Å². The van der Waals surface area contributed by atoms with Gasteiger partial charge in [-0.05, 0) is 47.6 Å². The van der Waals surface area contributed by atoms with E-state index in [2.05, 4.69) is 36.6 Å². The van der Waals surface area contributed by atoms with Crippen LogP contribution in [0.3, 0.4) is 0 Å². The summed E-state index contributed by atoms with van der Waals surface area (Å²) < 4.78 is 10.8. The molecule has 3 atom stereocenters. The average molecular weight is 759 g/mol. The quantitative estimate of drug-likeness (QED) is 0.0275. The molecule has 0 fully saturated rings. The second-order valence-electron chi connectivity index (χ2n) is 11.8. The van der Waals surface area contributed by atoms with Gasteiger partial charge in [-0.1, -0.05) is 47.6 Å². The first-order valence-corrected chi connectivity index (χ1v) is 17.1. The third-order valence-corrected chi connectivity index (χ3v) is 7.67. The predicted molar refractivity (Wildman–Crippen MR) is 191 cm³/mol. The zero-order valence-electron chi connectivity index (χ0n) is 29.5. The number of carboxylic acid groups (broad SMARTS) is 3. The molecule has 2 aromatic carbocycles. The summed E-state index contributed by atoms with van der Waals surface area (Å²) >= 11 is 0. The molecule has 0 radical (unpaired) electrons. The zero-order chi connectivity index (χ0) is 39.7. The van der Waals surface area contributed by atoms with Crippen molar-refractivity contribution in [3.63, 3.8) is 0 Å². The number of carboxylic acids is 3. The first kappa shape index (κ1) is 44.2. The highest BCUT2D eigenvalue weighted by atomic mass is 16.5. The minimum atomic E-state index is -1.53. The van der Waals surface area contributed by atoms with Gasteiger partial charge in [-0.25, -0.2) is 14.4 Å². The summed E-state index contributed by atoms with van der Waals surface area (Å²) in [6, 6.07) is 8.45. The lowest BCUT2D eigenvalue weighted by Gasteiger charge is -2.20. The van der Waals surface area contributed by atoms with E-state index in [1.165, 1.54) is 0 Å². The SMILES string of the molecule is [N-]=[N+]=NCC(=O)NCCOCCOCCC(=O)N[C@@H](Cc1ccc2ccccc2c1)C(=O)NCCCC[C@H](NC(=O)N[C@@H](CCC(=O)O)C(=O)O)C(=O)O. The van der Waals surface area contributed by atoms with Crippen LogP contribution in [0.2, 0.25) is 0 Å². The predicted octanol–water partition coefficient (Wildman–Crippen LogP) is 1.07. The molecule has 54 heavy (non-hydrogen) atoms. The number of rotatable bonds is 27. The van der Waals surface area contributed by atoms with Gasteiger partial charge in [0.05, 0.1) is 26.4 Å². The first-order chi connectivity index (χ1) is 25.9. The Morgan fingerprint density at radius 2 is 1.37 bits per heavy atom. The summed E-state index contributed by atoms with van der Waals surface area (Å²) in [4.78, 5) is 86.0. The molecule has 0 unspecified atom stereocenters. The van der Waals surface area contributed by atoms with Gasteiger partial charge in [-0.15, -0.1) is 0 Å². The molecule has 0 aliphatic carbocycles. The van der Waals surface area contributed by atoms with Crippen molar-refractivity contribution in [2.75, 3.05) is 46.1 Å². The van der Waals surface area contributed by atoms with Crippen molar-refractivity contribution >= 4 is 52.4 Å². The Balaban J connectivity index is 1.85. The number of aliphatic carboxylic acids is 3. The third-order valence-electron chi connectivity index (χ3n) is 7.67.